The Morgan fingerprint density at radius 1 is 0.742 bits per heavy atom. The summed E-state index contributed by atoms with van der Waals surface area (Å²) in [5, 5.41) is 19.5. The van der Waals surface area contributed by atoms with Crippen molar-refractivity contribution in [3.63, 3.8) is 0 Å². The Bertz CT molecular complexity index is 1320. The highest BCUT2D eigenvalue weighted by molar-refractivity contribution is 6.37. The van der Waals surface area contributed by atoms with Crippen molar-refractivity contribution < 1.29 is 29.4 Å². The van der Waals surface area contributed by atoms with E-state index in [1.165, 1.54) is 36.4 Å². The molecule has 4 rings (SSSR count). The molecule has 31 heavy (non-hydrogen) atoms. The Balaban J connectivity index is 1.88. The van der Waals surface area contributed by atoms with Crippen LogP contribution in [0.5, 0.6) is 0 Å². The number of aromatic carboxylic acids is 2. The predicted octanol–water partition coefficient (Wildman–Crippen LogP) is 4.86. The molecule has 0 aliphatic carbocycles. The lowest BCUT2D eigenvalue weighted by atomic mass is 10.0. The van der Waals surface area contributed by atoms with Gasteiger partial charge in [-0.1, -0.05) is 35.3 Å². The molecule has 0 fully saturated rings. The van der Waals surface area contributed by atoms with Gasteiger partial charge in [0.2, 0.25) is 0 Å². The predicted molar refractivity (Wildman–Crippen MR) is 113 cm³/mol. The maximum Gasteiger partial charge on any atom is 0.337 e. The number of imide groups is 1. The van der Waals surface area contributed by atoms with Crippen LogP contribution >= 0.6 is 23.2 Å². The molecule has 3 aromatic carbocycles. The standard InChI is InChI=1S/C22H11Cl2NO6/c23-12-3-6-13(17(24)9-12)10-1-5-15(22(30)31)18(8-10)25-19(26)14-4-2-11(21(28)29)7-16(14)20(25)27/h1-9H,(H,28,29)(H,30,31). The SMILES string of the molecule is O=C(O)c1ccc2c(c1)C(=O)N(c1cc(-c3ccc(Cl)cc3Cl)ccc1C(=O)O)C2=O. The number of carbonyl (C=O) groups is 4. The van der Waals surface area contributed by atoms with Crippen LogP contribution in [0.25, 0.3) is 11.1 Å². The normalized spacial score (nSPS) is 12.8. The van der Waals surface area contributed by atoms with E-state index in [0.29, 0.717) is 21.2 Å². The molecule has 0 saturated heterocycles. The van der Waals surface area contributed by atoms with Gasteiger partial charge in [0, 0.05) is 15.6 Å². The van der Waals surface area contributed by atoms with Crippen LogP contribution in [0.15, 0.2) is 54.6 Å². The van der Waals surface area contributed by atoms with Crippen molar-refractivity contribution in [3.8, 4) is 11.1 Å². The van der Waals surface area contributed by atoms with Crippen molar-refractivity contribution in [2.24, 2.45) is 0 Å². The molecular weight excluding hydrogens is 445 g/mol. The van der Waals surface area contributed by atoms with E-state index in [9.17, 15) is 24.3 Å². The van der Waals surface area contributed by atoms with E-state index in [2.05, 4.69) is 0 Å². The summed E-state index contributed by atoms with van der Waals surface area (Å²) in [5.41, 5.74) is 0.263. The zero-order chi connectivity index (χ0) is 22.4. The van der Waals surface area contributed by atoms with Gasteiger partial charge in [0.1, 0.15) is 0 Å². The van der Waals surface area contributed by atoms with Crippen LogP contribution in [0.4, 0.5) is 5.69 Å². The maximum atomic E-state index is 13.0. The molecule has 9 heteroatoms. The first-order valence-electron chi connectivity index (χ1n) is 8.78. The maximum absolute atomic E-state index is 13.0. The third kappa shape index (κ3) is 3.43. The summed E-state index contributed by atoms with van der Waals surface area (Å²) in [4.78, 5) is 49.7. The molecule has 0 radical (unpaired) electrons. The van der Waals surface area contributed by atoms with Crippen LogP contribution in [0, 0.1) is 0 Å². The number of anilines is 1. The molecule has 2 amide bonds. The molecule has 154 valence electrons. The first-order valence-corrected chi connectivity index (χ1v) is 9.53. The number of carboxylic acid groups (broad SMARTS) is 2. The summed E-state index contributed by atoms with van der Waals surface area (Å²) in [7, 11) is 0. The number of halogens is 2. The topological polar surface area (TPSA) is 112 Å². The van der Waals surface area contributed by atoms with Gasteiger partial charge < -0.3 is 10.2 Å². The molecule has 2 N–H and O–H groups in total. The van der Waals surface area contributed by atoms with Gasteiger partial charge in [-0.3, -0.25) is 9.59 Å². The van der Waals surface area contributed by atoms with E-state index in [4.69, 9.17) is 28.3 Å². The summed E-state index contributed by atoms with van der Waals surface area (Å²) >= 11 is 12.2. The van der Waals surface area contributed by atoms with Gasteiger partial charge in [0.05, 0.1) is 27.9 Å². The summed E-state index contributed by atoms with van der Waals surface area (Å²) in [6.45, 7) is 0. The number of amides is 2. The first-order chi connectivity index (χ1) is 14.7. The van der Waals surface area contributed by atoms with Crippen LogP contribution in [-0.2, 0) is 0 Å². The number of hydrogen-bond donors (Lipinski definition) is 2. The highest BCUT2D eigenvalue weighted by Crippen LogP contribution is 2.37. The molecule has 0 spiro atoms. The second-order valence-electron chi connectivity index (χ2n) is 6.67. The summed E-state index contributed by atoms with van der Waals surface area (Å²) in [6, 6.07) is 12.4. The van der Waals surface area contributed by atoms with Crippen LogP contribution in [-0.4, -0.2) is 34.0 Å². The Morgan fingerprint density at radius 3 is 2.06 bits per heavy atom. The Hall–Kier alpha value is -3.68. The third-order valence-corrected chi connectivity index (χ3v) is 5.39. The molecular formula is C22H11Cl2NO6. The third-order valence-electron chi connectivity index (χ3n) is 4.84. The molecule has 0 bridgehead atoms. The molecule has 1 heterocycles. The molecule has 1 aliphatic heterocycles. The number of carboxylic acids is 2. The van der Waals surface area contributed by atoms with Crippen molar-refractivity contribution in [2.75, 3.05) is 4.90 Å². The average molecular weight is 456 g/mol. The molecule has 7 nitrogen and oxygen atoms in total. The van der Waals surface area contributed by atoms with Crippen molar-refractivity contribution in [1.82, 2.24) is 0 Å². The summed E-state index contributed by atoms with van der Waals surface area (Å²) < 4.78 is 0. The van der Waals surface area contributed by atoms with Crippen LogP contribution in [0.3, 0.4) is 0 Å². The number of benzene rings is 3. The zero-order valence-corrected chi connectivity index (χ0v) is 16.9. The van der Waals surface area contributed by atoms with Crippen molar-refractivity contribution in [2.45, 2.75) is 0 Å². The smallest absolute Gasteiger partial charge is 0.337 e. The fourth-order valence-electron chi connectivity index (χ4n) is 3.38. The van der Waals surface area contributed by atoms with Crippen LogP contribution in [0.2, 0.25) is 10.0 Å². The van der Waals surface area contributed by atoms with Gasteiger partial charge in [-0.2, -0.15) is 0 Å². The molecule has 0 unspecified atom stereocenters. The summed E-state index contributed by atoms with van der Waals surface area (Å²) in [6.07, 6.45) is 0. The van der Waals surface area contributed by atoms with E-state index in [-0.39, 0.29) is 27.9 Å². The lowest BCUT2D eigenvalue weighted by Crippen LogP contribution is -2.31. The van der Waals surface area contributed by atoms with E-state index >= 15 is 0 Å². The average Bonchev–Trinajstić information content (AvgIpc) is 2.97. The Morgan fingerprint density at radius 2 is 1.42 bits per heavy atom. The zero-order valence-electron chi connectivity index (χ0n) is 15.4. The van der Waals surface area contributed by atoms with Gasteiger partial charge in [-0.05, 0) is 48.0 Å². The minimum Gasteiger partial charge on any atom is -0.478 e. The molecule has 0 saturated carbocycles. The van der Waals surface area contributed by atoms with E-state index in [1.54, 1.807) is 12.1 Å². The van der Waals surface area contributed by atoms with Crippen LogP contribution < -0.4 is 4.90 Å². The number of rotatable bonds is 4. The quantitative estimate of drug-likeness (QED) is 0.543. The Labute approximate surface area is 185 Å². The Kier molecular flexibility index (Phi) is 5.00. The van der Waals surface area contributed by atoms with E-state index < -0.39 is 23.8 Å². The molecule has 1 aliphatic rings. The lowest BCUT2D eigenvalue weighted by Gasteiger charge is -2.18. The second-order valence-corrected chi connectivity index (χ2v) is 7.52. The fraction of sp³-hybridized carbons (Fsp3) is 0. The van der Waals surface area contributed by atoms with E-state index in [0.717, 1.165) is 11.0 Å². The van der Waals surface area contributed by atoms with Gasteiger partial charge in [0.25, 0.3) is 11.8 Å². The van der Waals surface area contributed by atoms with E-state index in [1.807, 2.05) is 0 Å². The second kappa shape index (κ2) is 7.54. The summed E-state index contributed by atoms with van der Waals surface area (Å²) in [5.74, 6) is -4.16. The number of nitrogens with zero attached hydrogens (tertiary/aromatic N) is 1. The minimum absolute atomic E-state index is 0.0127. The van der Waals surface area contributed by atoms with Crippen molar-refractivity contribution in [1.29, 1.82) is 0 Å². The van der Waals surface area contributed by atoms with Gasteiger partial charge in [-0.25, -0.2) is 14.5 Å². The molecule has 3 aromatic rings. The minimum atomic E-state index is -1.34. The van der Waals surface area contributed by atoms with Crippen molar-refractivity contribution in [3.05, 3.63) is 86.9 Å². The number of carbonyl (C=O) groups excluding carboxylic acids is 2. The van der Waals surface area contributed by atoms with Crippen molar-refractivity contribution >= 4 is 52.6 Å². The number of hydrogen-bond acceptors (Lipinski definition) is 4. The largest absolute Gasteiger partial charge is 0.478 e. The molecule has 0 aromatic heterocycles. The first kappa shape index (κ1) is 20.6. The van der Waals surface area contributed by atoms with Crippen LogP contribution in [0.1, 0.15) is 41.4 Å². The monoisotopic (exact) mass is 455 g/mol. The fourth-order valence-corrected chi connectivity index (χ4v) is 3.90. The number of fused-ring (bicyclic) bond motifs is 1. The molecule has 0 atom stereocenters. The lowest BCUT2D eigenvalue weighted by molar-refractivity contribution is 0.0686. The van der Waals surface area contributed by atoms with Gasteiger partial charge in [0.15, 0.2) is 0 Å². The van der Waals surface area contributed by atoms with Gasteiger partial charge in [-0.15, -0.1) is 0 Å². The highest BCUT2D eigenvalue weighted by Gasteiger charge is 2.39. The highest BCUT2D eigenvalue weighted by atomic mass is 35.5. The van der Waals surface area contributed by atoms with Gasteiger partial charge >= 0.3 is 11.9 Å².